The molecule has 0 aromatic heterocycles. The molecule has 12 N–H and O–H groups in total. The lowest BCUT2D eigenvalue weighted by Gasteiger charge is -2.48. The van der Waals surface area contributed by atoms with Crippen LogP contribution in [0.2, 0.25) is 0 Å². The zero-order valence-corrected chi connectivity index (χ0v) is 44.1. The van der Waals surface area contributed by atoms with Crippen molar-refractivity contribution in [1.82, 2.24) is 5.32 Å². The fraction of sp³-hybridized carbons (Fsp3) is 0.907. The van der Waals surface area contributed by atoms with Gasteiger partial charge in [-0.15, -0.1) is 0 Å². The van der Waals surface area contributed by atoms with Gasteiger partial charge in [-0.25, -0.2) is 0 Å². The van der Waals surface area contributed by atoms with Crippen LogP contribution in [-0.2, 0) is 33.2 Å². The van der Waals surface area contributed by atoms with Gasteiger partial charge < -0.3 is 89.9 Å². The summed E-state index contributed by atoms with van der Waals surface area (Å²) in [4.78, 5) is 13.3. The molecule has 3 rings (SSSR count). The molecule has 3 aliphatic heterocycles. The van der Waals surface area contributed by atoms with E-state index in [1.165, 1.54) is 109 Å². The predicted octanol–water partition coefficient (Wildman–Crippen LogP) is 3.59. The molecular formula is C54H99NO18. The Morgan fingerprint density at radius 3 is 1.37 bits per heavy atom. The first-order valence-electron chi connectivity index (χ1n) is 28.1. The van der Waals surface area contributed by atoms with Gasteiger partial charge in [0.25, 0.3) is 0 Å². The van der Waals surface area contributed by atoms with Gasteiger partial charge in [0.2, 0.25) is 5.91 Å². The average molecular weight is 1050 g/mol. The van der Waals surface area contributed by atoms with Gasteiger partial charge in [-0.2, -0.15) is 0 Å². The second-order valence-corrected chi connectivity index (χ2v) is 20.4. The molecule has 3 saturated heterocycles. The summed E-state index contributed by atoms with van der Waals surface area (Å²) >= 11 is 0. The lowest BCUT2D eigenvalue weighted by atomic mass is 9.96. The summed E-state index contributed by atoms with van der Waals surface area (Å²) in [5.41, 5.74) is 0. The van der Waals surface area contributed by atoms with Crippen LogP contribution in [0.4, 0.5) is 0 Å². The van der Waals surface area contributed by atoms with Gasteiger partial charge in [-0.05, 0) is 32.1 Å². The number of nitrogens with one attached hydrogen (secondary N) is 1. The summed E-state index contributed by atoms with van der Waals surface area (Å²) < 4.78 is 34.1. The van der Waals surface area contributed by atoms with E-state index < -0.39 is 124 Å². The number of carbonyl (C=O) groups excluding carboxylic acids is 1. The highest BCUT2D eigenvalue weighted by molar-refractivity contribution is 5.76. The second kappa shape index (κ2) is 38.8. The summed E-state index contributed by atoms with van der Waals surface area (Å²) in [5, 5.41) is 120. The van der Waals surface area contributed by atoms with Crippen LogP contribution in [0.25, 0.3) is 0 Å². The molecule has 19 nitrogen and oxygen atoms in total. The summed E-state index contributed by atoms with van der Waals surface area (Å²) in [6, 6.07) is -0.983. The maximum atomic E-state index is 13.3. The number of allylic oxidation sites excluding steroid dienone is 3. The normalized spacial score (nSPS) is 31.9. The molecule has 428 valence electrons. The van der Waals surface area contributed by atoms with Crippen LogP contribution in [0.5, 0.6) is 0 Å². The first-order chi connectivity index (χ1) is 35.3. The summed E-state index contributed by atoms with van der Waals surface area (Å²) in [6.07, 6.45) is 10.3. The van der Waals surface area contributed by atoms with E-state index in [0.717, 1.165) is 38.5 Å². The van der Waals surface area contributed by atoms with Crippen LogP contribution in [-0.4, -0.2) is 193 Å². The number of hydrogen-bond acceptors (Lipinski definition) is 18. The molecule has 0 aliphatic carbocycles. The average Bonchev–Trinajstić information content (AvgIpc) is 3.39. The second-order valence-electron chi connectivity index (χ2n) is 20.4. The lowest BCUT2D eigenvalue weighted by Crippen LogP contribution is -2.66. The molecule has 0 spiro atoms. The highest BCUT2D eigenvalue weighted by atomic mass is 16.8. The highest BCUT2D eigenvalue weighted by Crippen LogP contribution is 2.33. The van der Waals surface area contributed by atoms with Gasteiger partial charge in [-0.1, -0.05) is 167 Å². The topological polar surface area (TPSA) is 307 Å². The summed E-state index contributed by atoms with van der Waals surface area (Å²) in [7, 11) is 0. The number of aliphatic hydroxyl groups is 11. The van der Waals surface area contributed by atoms with E-state index in [4.69, 9.17) is 28.4 Å². The van der Waals surface area contributed by atoms with Crippen LogP contribution in [0.15, 0.2) is 24.3 Å². The first-order valence-corrected chi connectivity index (χ1v) is 28.1. The number of ether oxygens (including phenoxy) is 6. The van der Waals surface area contributed by atoms with E-state index in [9.17, 15) is 61.0 Å². The van der Waals surface area contributed by atoms with Crippen molar-refractivity contribution in [2.75, 3.05) is 26.4 Å². The van der Waals surface area contributed by atoms with Gasteiger partial charge in [0.1, 0.15) is 73.2 Å². The molecular weight excluding hydrogens is 951 g/mol. The van der Waals surface area contributed by atoms with E-state index in [0.29, 0.717) is 12.8 Å². The smallest absolute Gasteiger partial charge is 0.220 e. The Labute approximate surface area is 435 Å². The van der Waals surface area contributed by atoms with Gasteiger partial charge in [0, 0.05) is 6.42 Å². The maximum Gasteiger partial charge on any atom is 0.220 e. The van der Waals surface area contributed by atoms with Gasteiger partial charge in [0.15, 0.2) is 18.9 Å². The Kier molecular flexibility index (Phi) is 34.8. The minimum Gasteiger partial charge on any atom is -0.394 e. The Morgan fingerprint density at radius 1 is 0.479 bits per heavy atom. The maximum absolute atomic E-state index is 13.3. The van der Waals surface area contributed by atoms with Crippen molar-refractivity contribution in [3.63, 3.8) is 0 Å². The van der Waals surface area contributed by atoms with Gasteiger partial charge in [0.05, 0.1) is 38.6 Å². The van der Waals surface area contributed by atoms with Crippen LogP contribution in [0.3, 0.4) is 0 Å². The minimum absolute atomic E-state index is 0.239. The zero-order valence-electron chi connectivity index (χ0n) is 44.1. The van der Waals surface area contributed by atoms with Crippen molar-refractivity contribution >= 4 is 5.91 Å². The molecule has 73 heavy (non-hydrogen) atoms. The van der Waals surface area contributed by atoms with Gasteiger partial charge >= 0.3 is 0 Å². The van der Waals surface area contributed by atoms with E-state index >= 15 is 0 Å². The highest BCUT2D eigenvalue weighted by Gasteiger charge is 2.53. The third-order valence-electron chi connectivity index (χ3n) is 14.3. The van der Waals surface area contributed by atoms with E-state index in [2.05, 4.69) is 31.3 Å². The van der Waals surface area contributed by atoms with Crippen molar-refractivity contribution in [2.24, 2.45) is 0 Å². The van der Waals surface area contributed by atoms with Crippen molar-refractivity contribution in [2.45, 2.75) is 285 Å². The Balaban J connectivity index is 1.54. The Bertz CT molecular complexity index is 1440. The molecule has 19 heteroatoms. The molecule has 3 fully saturated rings. The largest absolute Gasteiger partial charge is 0.394 e. The molecule has 3 aliphatic rings. The standard InChI is InChI=1S/C54H99NO18/c1-3-5-7-9-11-13-15-17-18-19-20-22-24-26-28-30-32-42(60)55-37(38(59)31-29-27-25-23-21-16-14-12-10-8-6-4-2)36-68-52-48(66)45(63)50(40(34-57)70-52)73-54-49(67)46(64)51(41(35-58)71-54)72-53-47(65)44(62)43(61)39(33-56)69-53/h21,23,29,31,37-41,43-54,56-59,61-67H,3-20,22,24-28,30,32-36H2,1-2H3,(H,55,60)/b23-21+,31-29+. The van der Waals surface area contributed by atoms with Crippen molar-refractivity contribution in [3.05, 3.63) is 24.3 Å². The quantitative estimate of drug-likeness (QED) is 0.0308. The molecule has 0 radical (unpaired) electrons. The summed E-state index contributed by atoms with van der Waals surface area (Å²) in [5.74, 6) is -0.286. The van der Waals surface area contributed by atoms with Crippen LogP contribution < -0.4 is 5.32 Å². The van der Waals surface area contributed by atoms with E-state index in [-0.39, 0.29) is 18.9 Å². The van der Waals surface area contributed by atoms with Gasteiger partial charge in [-0.3, -0.25) is 4.79 Å². The third kappa shape index (κ3) is 23.8. The number of carbonyl (C=O) groups is 1. The molecule has 1 amide bonds. The monoisotopic (exact) mass is 1050 g/mol. The van der Waals surface area contributed by atoms with Crippen LogP contribution in [0.1, 0.15) is 181 Å². The molecule has 0 aromatic rings. The Hall–Kier alpha value is -1.73. The molecule has 17 unspecified atom stereocenters. The third-order valence-corrected chi connectivity index (χ3v) is 14.3. The molecule has 0 saturated carbocycles. The van der Waals surface area contributed by atoms with Crippen LogP contribution in [0, 0.1) is 0 Å². The van der Waals surface area contributed by atoms with Crippen molar-refractivity contribution in [1.29, 1.82) is 0 Å². The molecule has 0 aromatic carbocycles. The summed E-state index contributed by atoms with van der Waals surface area (Å²) in [6.45, 7) is 1.67. The minimum atomic E-state index is -1.98. The van der Waals surface area contributed by atoms with Crippen molar-refractivity contribution in [3.8, 4) is 0 Å². The van der Waals surface area contributed by atoms with E-state index in [1.54, 1.807) is 6.08 Å². The number of hydrogen-bond donors (Lipinski definition) is 12. The van der Waals surface area contributed by atoms with E-state index in [1.807, 2.05) is 6.08 Å². The number of aliphatic hydroxyl groups excluding tert-OH is 11. The Morgan fingerprint density at radius 2 is 0.877 bits per heavy atom. The molecule has 3 heterocycles. The number of amides is 1. The predicted molar refractivity (Wildman–Crippen MR) is 273 cm³/mol. The SMILES string of the molecule is CCCCCCCC/C=C/CC/C=C/C(O)C(COC1OC(CO)C(OC2OC(CO)C(OC3OC(CO)C(O)C(O)C3O)C(O)C2O)C(O)C1O)NC(=O)CCCCCCCCCCCCCCCCCC. The molecule has 0 bridgehead atoms. The van der Waals surface area contributed by atoms with Crippen LogP contribution >= 0.6 is 0 Å². The fourth-order valence-corrected chi connectivity index (χ4v) is 9.56. The number of rotatable bonds is 40. The zero-order chi connectivity index (χ0) is 53.4. The first kappa shape index (κ1) is 65.6. The fourth-order valence-electron chi connectivity index (χ4n) is 9.56. The van der Waals surface area contributed by atoms with Crippen molar-refractivity contribution < 1.29 is 89.4 Å². The lowest BCUT2D eigenvalue weighted by molar-refractivity contribution is -0.379. The molecule has 17 atom stereocenters. The number of unbranched alkanes of at least 4 members (excludes halogenated alkanes) is 22.